The van der Waals surface area contributed by atoms with Gasteiger partial charge in [0, 0.05) is 16.8 Å². The second-order valence-electron chi connectivity index (χ2n) is 8.59. The van der Waals surface area contributed by atoms with Gasteiger partial charge in [-0.3, -0.25) is 9.59 Å². The third-order valence-corrected chi connectivity index (χ3v) is 6.26. The van der Waals surface area contributed by atoms with E-state index in [0.29, 0.717) is 29.0 Å². The first kappa shape index (κ1) is 22.8. The molecule has 0 unspecified atom stereocenters. The third-order valence-electron chi connectivity index (χ3n) is 6.26. The van der Waals surface area contributed by atoms with Crippen LogP contribution in [-0.2, 0) is 5.54 Å². The van der Waals surface area contributed by atoms with Crippen LogP contribution in [0.2, 0.25) is 0 Å². The number of hydrogen-bond acceptors (Lipinski definition) is 4. The van der Waals surface area contributed by atoms with Gasteiger partial charge in [-0.2, -0.15) is 0 Å². The maximum Gasteiger partial charge on any atom is 0.201 e. The van der Waals surface area contributed by atoms with Crippen LogP contribution in [0.15, 0.2) is 78.9 Å². The van der Waals surface area contributed by atoms with Crippen molar-refractivity contribution in [3.63, 3.8) is 0 Å². The standard InChI is InChI=1S/C29H31NO3/c1-2-3-4-5-6-12-21-33-24-19-17-23(18-20-24)30-29(22-13-8-7-9-14-22)27(31)25-15-10-11-16-26(25)28(29)32/h7-11,13-20,30H,2-6,12,21H2,1H3. The third kappa shape index (κ3) is 4.70. The quantitative estimate of drug-likeness (QED) is 0.262. The Kier molecular flexibility index (Phi) is 7.23. The fraction of sp³-hybridized carbons (Fsp3) is 0.310. The number of fused-ring (bicyclic) bond motifs is 1. The van der Waals surface area contributed by atoms with Gasteiger partial charge in [0.2, 0.25) is 11.6 Å². The van der Waals surface area contributed by atoms with Gasteiger partial charge >= 0.3 is 0 Å². The Hall–Kier alpha value is -3.40. The van der Waals surface area contributed by atoms with Crippen LogP contribution >= 0.6 is 0 Å². The minimum Gasteiger partial charge on any atom is -0.494 e. The number of benzene rings is 3. The van der Waals surface area contributed by atoms with Crippen molar-refractivity contribution in [2.75, 3.05) is 11.9 Å². The normalized spacial score (nSPS) is 14.2. The van der Waals surface area contributed by atoms with Gasteiger partial charge < -0.3 is 10.1 Å². The van der Waals surface area contributed by atoms with E-state index in [1.807, 2.05) is 54.6 Å². The van der Waals surface area contributed by atoms with Gasteiger partial charge in [-0.25, -0.2) is 0 Å². The van der Waals surface area contributed by atoms with Crippen molar-refractivity contribution in [3.05, 3.63) is 95.6 Å². The van der Waals surface area contributed by atoms with Gasteiger partial charge in [0.1, 0.15) is 5.75 Å². The summed E-state index contributed by atoms with van der Waals surface area (Å²) in [6.07, 6.45) is 7.33. The lowest BCUT2D eigenvalue weighted by Gasteiger charge is -2.29. The van der Waals surface area contributed by atoms with Gasteiger partial charge in [-0.15, -0.1) is 0 Å². The fourth-order valence-electron chi connectivity index (χ4n) is 4.45. The zero-order valence-electron chi connectivity index (χ0n) is 19.2. The van der Waals surface area contributed by atoms with E-state index in [1.165, 1.54) is 32.1 Å². The van der Waals surface area contributed by atoms with Crippen LogP contribution in [0.1, 0.15) is 71.7 Å². The molecular weight excluding hydrogens is 410 g/mol. The predicted octanol–water partition coefficient (Wildman–Crippen LogP) is 6.81. The predicted molar refractivity (Wildman–Crippen MR) is 132 cm³/mol. The van der Waals surface area contributed by atoms with E-state index in [0.717, 1.165) is 12.2 Å². The molecule has 1 aliphatic carbocycles. The molecule has 0 atom stereocenters. The van der Waals surface area contributed by atoms with Crippen LogP contribution in [0.5, 0.6) is 5.75 Å². The van der Waals surface area contributed by atoms with E-state index < -0.39 is 5.54 Å². The van der Waals surface area contributed by atoms with E-state index in [1.54, 1.807) is 24.3 Å². The monoisotopic (exact) mass is 441 g/mol. The SMILES string of the molecule is CCCCCCCCOc1ccc(NC2(c3ccccc3)C(=O)c3ccccc3C2=O)cc1. The number of unbranched alkanes of at least 4 members (excludes halogenated alkanes) is 5. The highest BCUT2D eigenvalue weighted by molar-refractivity contribution is 6.34. The number of rotatable bonds is 11. The molecule has 0 saturated heterocycles. The molecule has 0 heterocycles. The van der Waals surface area contributed by atoms with Crippen molar-refractivity contribution in [1.29, 1.82) is 0 Å². The second kappa shape index (κ2) is 10.5. The van der Waals surface area contributed by atoms with Gasteiger partial charge in [-0.1, -0.05) is 93.6 Å². The van der Waals surface area contributed by atoms with E-state index in [2.05, 4.69) is 12.2 Å². The maximum atomic E-state index is 13.6. The van der Waals surface area contributed by atoms with Gasteiger partial charge in [0.25, 0.3) is 0 Å². The molecule has 0 radical (unpaired) electrons. The molecule has 0 bridgehead atoms. The highest BCUT2D eigenvalue weighted by Crippen LogP contribution is 2.40. The molecule has 0 aromatic heterocycles. The topological polar surface area (TPSA) is 55.4 Å². The minimum atomic E-state index is -1.47. The van der Waals surface area contributed by atoms with Crippen LogP contribution in [0.4, 0.5) is 5.69 Å². The fourth-order valence-corrected chi connectivity index (χ4v) is 4.45. The van der Waals surface area contributed by atoms with Crippen molar-refractivity contribution in [2.45, 2.75) is 51.0 Å². The first-order valence-electron chi connectivity index (χ1n) is 11.9. The summed E-state index contributed by atoms with van der Waals surface area (Å²) in [7, 11) is 0. The summed E-state index contributed by atoms with van der Waals surface area (Å²) >= 11 is 0. The van der Waals surface area contributed by atoms with E-state index in [4.69, 9.17) is 4.74 Å². The summed E-state index contributed by atoms with van der Waals surface area (Å²) in [4.78, 5) is 27.1. The Morgan fingerprint density at radius 1 is 0.697 bits per heavy atom. The lowest BCUT2D eigenvalue weighted by Crippen LogP contribution is -2.46. The van der Waals surface area contributed by atoms with Crippen molar-refractivity contribution in [3.8, 4) is 5.75 Å². The highest BCUT2D eigenvalue weighted by Gasteiger charge is 2.54. The lowest BCUT2D eigenvalue weighted by atomic mass is 9.84. The summed E-state index contributed by atoms with van der Waals surface area (Å²) in [5.74, 6) is 0.339. The molecule has 4 heteroatoms. The Labute approximate surface area is 196 Å². The number of Topliss-reactive ketones (excluding diaryl/α,β-unsaturated/α-hetero) is 2. The Morgan fingerprint density at radius 2 is 1.27 bits per heavy atom. The Bertz CT molecular complexity index is 1050. The van der Waals surface area contributed by atoms with Crippen molar-refractivity contribution in [1.82, 2.24) is 0 Å². The molecule has 0 aliphatic heterocycles. The van der Waals surface area contributed by atoms with Crippen LogP contribution in [-0.4, -0.2) is 18.2 Å². The van der Waals surface area contributed by atoms with Crippen LogP contribution < -0.4 is 10.1 Å². The Balaban J connectivity index is 1.49. The summed E-state index contributed by atoms with van der Waals surface area (Å²) in [6.45, 7) is 2.92. The molecule has 0 amide bonds. The molecule has 4 rings (SSSR count). The van der Waals surface area contributed by atoms with Crippen molar-refractivity contribution >= 4 is 17.3 Å². The number of carbonyl (C=O) groups is 2. The molecule has 3 aromatic rings. The van der Waals surface area contributed by atoms with Crippen LogP contribution in [0.25, 0.3) is 0 Å². The molecular formula is C29H31NO3. The van der Waals surface area contributed by atoms with Crippen LogP contribution in [0.3, 0.4) is 0 Å². The zero-order chi connectivity index (χ0) is 23.1. The molecule has 170 valence electrons. The summed E-state index contributed by atoms with van der Waals surface area (Å²) in [6, 6.07) is 23.8. The number of nitrogens with one attached hydrogen (secondary N) is 1. The largest absolute Gasteiger partial charge is 0.494 e. The number of ether oxygens (including phenoxy) is 1. The first-order valence-corrected chi connectivity index (χ1v) is 11.9. The second-order valence-corrected chi connectivity index (χ2v) is 8.59. The molecule has 0 spiro atoms. The average Bonchev–Trinajstić information content (AvgIpc) is 3.08. The van der Waals surface area contributed by atoms with Gasteiger partial charge in [0.15, 0.2) is 5.54 Å². The number of anilines is 1. The molecule has 1 N–H and O–H groups in total. The molecule has 33 heavy (non-hydrogen) atoms. The van der Waals surface area contributed by atoms with Crippen molar-refractivity contribution < 1.29 is 14.3 Å². The summed E-state index contributed by atoms with van der Waals surface area (Å²) in [5, 5.41) is 3.29. The number of carbonyl (C=O) groups excluding carboxylic acids is 2. The lowest BCUT2D eigenvalue weighted by molar-refractivity contribution is 0.0819. The highest BCUT2D eigenvalue weighted by atomic mass is 16.5. The van der Waals surface area contributed by atoms with Crippen molar-refractivity contribution in [2.24, 2.45) is 0 Å². The summed E-state index contributed by atoms with van der Waals surface area (Å²) < 4.78 is 5.88. The van der Waals surface area contributed by atoms with E-state index >= 15 is 0 Å². The Morgan fingerprint density at radius 3 is 1.91 bits per heavy atom. The smallest absolute Gasteiger partial charge is 0.201 e. The zero-order valence-corrected chi connectivity index (χ0v) is 19.2. The van der Waals surface area contributed by atoms with Crippen LogP contribution in [0, 0.1) is 0 Å². The molecule has 3 aromatic carbocycles. The van der Waals surface area contributed by atoms with Gasteiger partial charge in [-0.05, 0) is 36.2 Å². The van der Waals surface area contributed by atoms with Gasteiger partial charge in [0.05, 0.1) is 6.61 Å². The number of ketones is 2. The minimum absolute atomic E-state index is 0.224. The molecule has 0 fully saturated rings. The molecule has 0 saturated carbocycles. The maximum absolute atomic E-state index is 13.6. The average molecular weight is 442 g/mol. The summed E-state index contributed by atoms with van der Waals surface area (Å²) in [5.41, 5.74) is 0.779. The molecule has 4 nitrogen and oxygen atoms in total. The van der Waals surface area contributed by atoms with E-state index in [-0.39, 0.29) is 11.6 Å². The van der Waals surface area contributed by atoms with E-state index in [9.17, 15) is 9.59 Å². The first-order chi connectivity index (χ1) is 16.2. The number of hydrogen-bond donors (Lipinski definition) is 1. The molecule has 1 aliphatic rings.